The van der Waals surface area contributed by atoms with Crippen LogP contribution >= 0.6 is 11.3 Å². The van der Waals surface area contributed by atoms with Crippen LogP contribution in [-0.4, -0.2) is 6.15 Å². The molecule has 1 heterocycles. The molecule has 0 aliphatic rings. The monoisotopic (exact) mass is 995 g/mol. The molecule has 352 valence electrons. The lowest BCUT2D eigenvalue weighted by Gasteiger charge is -2.44. The Balaban J connectivity index is 0.000000246. The van der Waals surface area contributed by atoms with Crippen LogP contribution in [0.1, 0.15) is 16.1 Å². The van der Waals surface area contributed by atoms with E-state index >= 15 is 35.1 Å². The van der Waals surface area contributed by atoms with Gasteiger partial charge in [0, 0.05) is 5.56 Å². The van der Waals surface area contributed by atoms with E-state index < -0.39 is 144 Å². The summed E-state index contributed by atoms with van der Waals surface area (Å²) < 4.78 is 296. The number of aromatic nitrogens is 1. The first-order chi connectivity index (χ1) is 32.1. The summed E-state index contributed by atoms with van der Waals surface area (Å²) in [5.41, 5.74) is -11.6. The molecule has 68 heavy (non-hydrogen) atoms. The van der Waals surface area contributed by atoms with Crippen LogP contribution < -0.4 is 26.4 Å². The highest BCUT2D eigenvalue weighted by atomic mass is 32.1. The highest BCUT2D eigenvalue weighted by Crippen LogP contribution is 2.31. The maximum Gasteiger partial charge on any atom is 0.241 e. The first-order valence-corrected chi connectivity index (χ1v) is 19.7. The van der Waals surface area contributed by atoms with Crippen molar-refractivity contribution < 1.29 is 92.4 Å². The third kappa shape index (κ3) is 7.88. The molecular formula is C45H18BF20NS. The van der Waals surface area contributed by atoms with Crippen LogP contribution in [0.5, 0.6) is 0 Å². The van der Waals surface area contributed by atoms with Crippen LogP contribution in [0.3, 0.4) is 0 Å². The Kier molecular flexibility index (Phi) is 13.4. The molecule has 0 radical (unpaired) electrons. The van der Waals surface area contributed by atoms with E-state index in [0.717, 1.165) is 13.0 Å². The van der Waals surface area contributed by atoms with E-state index in [1.165, 1.54) is 26.9 Å². The van der Waals surface area contributed by atoms with E-state index in [2.05, 4.69) is 88.9 Å². The van der Waals surface area contributed by atoms with Crippen LogP contribution in [0.2, 0.25) is 0 Å². The topological polar surface area (TPSA) is 3.88 Å². The Morgan fingerprint density at radius 1 is 0.338 bits per heavy atom. The van der Waals surface area contributed by atoms with Gasteiger partial charge in [-0.2, -0.15) is 4.57 Å². The van der Waals surface area contributed by atoms with Crippen LogP contribution in [-0.2, 0) is 13.0 Å². The molecule has 8 aromatic rings. The lowest BCUT2D eigenvalue weighted by Crippen LogP contribution is -2.81. The molecule has 1 nitrogen and oxygen atoms in total. The molecule has 0 aliphatic carbocycles. The second-order valence-electron chi connectivity index (χ2n) is 14.6. The van der Waals surface area contributed by atoms with Gasteiger partial charge in [0.25, 0.3) is 0 Å². The quantitative estimate of drug-likeness (QED) is 0.0470. The van der Waals surface area contributed by atoms with Gasteiger partial charge in [0.1, 0.15) is 52.7 Å². The zero-order chi connectivity index (χ0) is 49.8. The summed E-state index contributed by atoms with van der Waals surface area (Å²) in [5.74, 6) is -71.4. The summed E-state index contributed by atoms with van der Waals surface area (Å²) in [6.07, 6.45) is -4.05. The molecule has 0 N–H and O–H groups in total. The first kappa shape index (κ1) is 49.0. The Hall–Kier alpha value is -6.91. The fraction of sp³-hybridized carbons (Fsp3) is 0.0444. The molecule has 0 saturated carbocycles. The van der Waals surface area contributed by atoms with Crippen molar-refractivity contribution in [1.29, 1.82) is 0 Å². The minimum Gasteiger partial charge on any atom is -0.207 e. The highest BCUT2D eigenvalue weighted by Gasteiger charge is 2.52. The maximum atomic E-state index is 15.4. The van der Waals surface area contributed by atoms with E-state index in [9.17, 15) is 52.7 Å². The standard InChI is InChI=1S/C24BF20.C21H18NS/c26-5-1(6(27)14(35)21(42)13(5)34)25(2-7(28)15(36)22(43)16(37)8(2)29,3-9(30)17(38)23(44)18(39)10(3)31)4-11(32)19(40)24(45)20(41)12(4)33;1-2-6-17(7-3-1)16-22-12-13-23-21(22)15-18-10-11-19-8-4-5-9-20(19)14-18/h;1-14H,15-16H2/q-1;+1. The fourth-order valence-corrected chi connectivity index (χ4v) is 8.67. The Bertz CT molecular complexity index is 2920. The summed E-state index contributed by atoms with van der Waals surface area (Å²) in [4.78, 5) is 0. The number of rotatable bonds is 8. The van der Waals surface area contributed by atoms with Gasteiger partial charge in [-0.05, 0) is 16.3 Å². The van der Waals surface area contributed by atoms with Crippen LogP contribution in [0.25, 0.3) is 10.8 Å². The predicted molar refractivity (Wildman–Crippen MR) is 206 cm³/mol. The van der Waals surface area contributed by atoms with Gasteiger partial charge < -0.3 is 0 Å². The lowest BCUT2D eigenvalue weighted by molar-refractivity contribution is -0.690. The highest BCUT2D eigenvalue weighted by molar-refractivity contribution is 7.20. The number of benzene rings is 7. The van der Waals surface area contributed by atoms with E-state index in [0.29, 0.717) is 0 Å². The molecule has 8 rings (SSSR count). The molecule has 0 atom stereocenters. The zero-order valence-corrected chi connectivity index (χ0v) is 33.8. The molecular weight excluding hydrogens is 977 g/mol. The smallest absolute Gasteiger partial charge is 0.207 e. The summed E-state index contributed by atoms with van der Waals surface area (Å²) >= 11 is 1.83. The molecule has 7 aromatic carbocycles. The average molecular weight is 995 g/mol. The molecule has 0 amide bonds. The molecule has 0 spiro atoms. The number of fused-ring (bicyclic) bond motifs is 1. The van der Waals surface area contributed by atoms with Crippen molar-refractivity contribution in [3.05, 3.63) is 217 Å². The maximum absolute atomic E-state index is 15.4. The number of hydrogen-bond donors (Lipinski definition) is 0. The lowest BCUT2D eigenvalue weighted by atomic mass is 9.12. The van der Waals surface area contributed by atoms with Crippen LogP contribution in [0, 0.1) is 116 Å². The summed E-state index contributed by atoms with van der Waals surface area (Å²) in [5, 5.41) is 6.19. The first-order valence-electron chi connectivity index (χ1n) is 18.8. The number of halogens is 20. The second kappa shape index (κ2) is 18.6. The van der Waals surface area contributed by atoms with Gasteiger partial charge in [0.2, 0.25) is 5.01 Å². The van der Waals surface area contributed by atoms with Crippen molar-refractivity contribution in [2.45, 2.75) is 13.0 Å². The van der Waals surface area contributed by atoms with Crippen LogP contribution in [0.15, 0.2) is 84.4 Å². The Labute approximate surface area is 371 Å². The van der Waals surface area contributed by atoms with Gasteiger partial charge in [-0.25, -0.2) is 87.8 Å². The largest absolute Gasteiger partial charge is 0.241 e. The van der Waals surface area contributed by atoms with Gasteiger partial charge in [0.05, 0.1) is 11.8 Å². The van der Waals surface area contributed by atoms with Crippen molar-refractivity contribution in [3.63, 3.8) is 0 Å². The van der Waals surface area contributed by atoms with Crippen molar-refractivity contribution in [2.75, 3.05) is 0 Å². The molecule has 0 fully saturated rings. The van der Waals surface area contributed by atoms with Crippen molar-refractivity contribution in [2.24, 2.45) is 0 Å². The van der Waals surface area contributed by atoms with Gasteiger partial charge >= 0.3 is 0 Å². The van der Waals surface area contributed by atoms with E-state index in [4.69, 9.17) is 0 Å². The van der Waals surface area contributed by atoms with Crippen molar-refractivity contribution in [1.82, 2.24) is 0 Å². The van der Waals surface area contributed by atoms with Gasteiger partial charge in [-0.15, -0.1) is 21.9 Å². The van der Waals surface area contributed by atoms with Crippen molar-refractivity contribution in [3.8, 4) is 0 Å². The number of nitrogens with zero attached hydrogens (tertiary/aromatic N) is 1. The second-order valence-corrected chi connectivity index (χ2v) is 15.5. The van der Waals surface area contributed by atoms with Crippen molar-refractivity contribution >= 4 is 50.1 Å². The third-order valence-electron chi connectivity index (χ3n) is 10.8. The minimum atomic E-state index is -7.22. The van der Waals surface area contributed by atoms with E-state index in [1.54, 1.807) is 0 Å². The minimum absolute atomic E-state index is 0.938. The summed E-state index contributed by atoms with van der Waals surface area (Å²) in [6, 6.07) is 26.0. The molecule has 0 saturated heterocycles. The zero-order valence-electron chi connectivity index (χ0n) is 33.0. The Morgan fingerprint density at radius 3 is 1.03 bits per heavy atom. The number of thiazole rings is 1. The molecule has 0 unspecified atom stereocenters. The average Bonchev–Trinajstić information content (AvgIpc) is 3.77. The molecule has 0 bridgehead atoms. The predicted octanol–water partition coefficient (Wildman–Crippen LogP) is 10.7. The van der Waals surface area contributed by atoms with Gasteiger partial charge in [0.15, 0.2) is 82.5 Å². The van der Waals surface area contributed by atoms with E-state index in [-0.39, 0.29) is 0 Å². The summed E-state index contributed by atoms with van der Waals surface area (Å²) in [6.45, 7) is 0.938. The Morgan fingerprint density at radius 2 is 0.662 bits per heavy atom. The molecule has 0 aliphatic heterocycles. The third-order valence-corrected chi connectivity index (χ3v) is 11.7. The SMILES string of the molecule is Fc1c(F)c(F)c([B-](c2c(F)c(F)c(F)c(F)c2F)(c2c(F)c(F)c(F)c(F)c2F)c2c(F)c(F)c(F)c(F)c2F)c(F)c1F.c1ccc(C[n+]2ccsc2Cc2ccc3ccccc3c2)cc1. The molecule has 1 aromatic heterocycles. The fourth-order valence-electron chi connectivity index (χ4n) is 7.80. The molecule has 23 heteroatoms. The van der Waals surface area contributed by atoms with E-state index in [1.807, 2.05) is 11.3 Å². The van der Waals surface area contributed by atoms with Gasteiger partial charge in [-0.1, -0.05) is 84.1 Å². The summed E-state index contributed by atoms with van der Waals surface area (Å²) in [7, 11) is 0. The van der Waals surface area contributed by atoms with Gasteiger partial charge in [-0.3, -0.25) is 0 Å². The normalized spacial score (nSPS) is 11.6. The number of hydrogen-bond acceptors (Lipinski definition) is 1. The van der Waals surface area contributed by atoms with Crippen LogP contribution in [0.4, 0.5) is 87.8 Å².